The van der Waals surface area contributed by atoms with Gasteiger partial charge in [0.15, 0.2) is 11.5 Å². The average Bonchev–Trinajstić information content (AvgIpc) is 2.44. The van der Waals surface area contributed by atoms with Crippen molar-refractivity contribution in [3.8, 4) is 11.5 Å². The van der Waals surface area contributed by atoms with E-state index >= 15 is 0 Å². The molecule has 0 bridgehead atoms. The molecule has 0 spiro atoms. The second-order valence-electron chi connectivity index (χ2n) is 5.62. The number of nitrogens with one attached hydrogen (secondary N) is 1. The number of ether oxygens (including phenoxy) is 2. The van der Waals surface area contributed by atoms with Crippen molar-refractivity contribution in [2.45, 2.75) is 27.3 Å². The number of methoxy groups -OCH3 is 1. The van der Waals surface area contributed by atoms with Gasteiger partial charge in [0.25, 0.3) is 0 Å². The third kappa shape index (κ3) is 6.04. The highest BCUT2D eigenvalue weighted by atomic mass is 16.5. The van der Waals surface area contributed by atoms with E-state index in [1.807, 2.05) is 18.2 Å². The summed E-state index contributed by atoms with van der Waals surface area (Å²) in [7, 11) is 1.60. The van der Waals surface area contributed by atoms with Gasteiger partial charge in [0.05, 0.1) is 19.6 Å². The molecule has 1 unspecified atom stereocenters. The van der Waals surface area contributed by atoms with E-state index in [-0.39, 0.29) is 18.4 Å². The molecule has 0 aromatic heterocycles. The maximum absolute atomic E-state index is 11.0. The minimum atomic E-state index is -0.372. The van der Waals surface area contributed by atoms with E-state index in [1.165, 1.54) is 0 Å². The number of hydrogen-bond donors (Lipinski definition) is 2. The fourth-order valence-corrected chi connectivity index (χ4v) is 1.74. The van der Waals surface area contributed by atoms with Gasteiger partial charge in [-0.3, -0.25) is 4.79 Å². The van der Waals surface area contributed by atoms with E-state index < -0.39 is 0 Å². The Morgan fingerprint density at radius 3 is 2.57 bits per heavy atom. The summed E-state index contributed by atoms with van der Waals surface area (Å²) in [4.78, 5) is 11.0. The molecule has 5 heteroatoms. The molecule has 118 valence electrons. The summed E-state index contributed by atoms with van der Waals surface area (Å²) in [6.45, 7) is 8.08. The number of rotatable bonds is 9. The second kappa shape index (κ2) is 8.52. The van der Waals surface area contributed by atoms with Gasteiger partial charge >= 0.3 is 0 Å². The molecule has 0 heterocycles. The molecule has 0 aliphatic carbocycles. The highest BCUT2D eigenvalue weighted by molar-refractivity contribution is 5.76. The molecule has 0 saturated carbocycles. The molecular weight excluding hydrogens is 268 g/mol. The Balaban J connectivity index is 2.63. The predicted octanol–water partition coefficient (Wildman–Crippen LogP) is 1.94. The molecule has 1 rings (SSSR count). The van der Waals surface area contributed by atoms with Gasteiger partial charge in [-0.25, -0.2) is 0 Å². The van der Waals surface area contributed by atoms with Crippen LogP contribution in [0.1, 0.15) is 26.3 Å². The zero-order chi connectivity index (χ0) is 15.8. The van der Waals surface area contributed by atoms with Crippen molar-refractivity contribution in [3.05, 3.63) is 23.8 Å². The fourth-order valence-electron chi connectivity index (χ4n) is 1.74. The lowest BCUT2D eigenvalue weighted by Gasteiger charge is -2.14. The first-order valence-corrected chi connectivity index (χ1v) is 7.23. The molecule has 1 aromatic carbocycles. The number of primary amides is 1. The largest absolute Gasteiger partial charge is 0.493 e. The van der Waals surface area contributed by atoms with Crippen LogP contribution in [0, 0.1) is 11.8 Å². The van der Waals surface area contributed by atoms with Gasteiger partial charge in [0, 0.05) is 6.54 Å². The van der Waals surface area contributed by atoms with Crippen LogP contribution >= 0.6 is 0 Å². The molecule has 1 aromatic rings. The minimum Gasteiger partial charge on any atom is -0.493 e. The van der Waals surface area contributed by atoms with Crippen LogP contribution in [0.15, 0.2) is 18.2 Å². The molecule has 0 fully saturated rings. The number of carbonyl (C=O) groups is 1. The monoisotopic (exact) mass is 294 g/mol. The maximum Gasteiger partial charge on any atom is 0.223 e. The van der Waals surface area contributed by atoms with Crippen LogP contribution < -0.4 is 20.5 Å². The number of carbonyl (C=O) groups excluding carboxylic acids is 1. The van der Waals surface area contributed by atoms with E-state index in [2.05, 4.69) is 19.2 Å². The van der Waals surface area contributed by atoms with E-state index in [0.717, 1.165) is 18.7 Å². The van der Waals surface area contributed by atoms with E-state index in [0.29, 0.717) is 17.4 Å². The van der Waals surface area contributed by atoms with E-state index in [9.17, 15) is 4.79 Å². The van der Waals surface area contributed by atoms with Gasteiger partial charge in [-0.15, -0.1) is 0 Å². The maximum atomic E-state index is 11.0. The van der Waals surface area contributed by atoms with Crippen LogP contribution in [0.2, 0.25) is 0 Å². The number of amides is 1. The summed E-state index contributed by atoms with van der Waals surface area (Å²) in [5, 5.41) is 3.38. The lowest BCUT2D eigenvalue weighted by atomic mass is 10.1. The van der Waals surface area contributed by atoms with Crippen molar-refractivity contribution in [2.24, 2.45) is 17.6 Å². The third-order valence-electron chi connectivity index (χ3n) is 3.08. The van der Waals surface area contributed by atoms with Crippen molar-refractivity contribution < 1.29 is 14.3 Å². The molecule has 0 saturated heterocycles. The van der Waals surface area contributed by atoms with Gasteiger partial charge in [-0.2, -0.15) is 0 Å². The second-order valence-corrected chi connectivity index (χ2v) is 5.62. The van der Waals surface area contributed by atoms with Crippen molar-refractivity contribution in [3.63, 3.8) is 0 Å². The van der Waals surface area contributed by atoms with Crippen molar-refractivity contribution in [1.82, 2.24) is 5.32 Å². The predicted molar refractivity (Wildman–Crippen MR) is 83.4 cm³/mol. The van der Waals surface area contributed by atoms with Gasteiger partial charge in [-0.1, -0.05) is 26.8 Å². The van der Waals surface area contributed by atoms with Gasteiger partial charge < -0.3 is 20.5 Å². The average molecular weight is 294 g/mol. The van der Waals surface area contributed by atoms with Crippen molar-refractivity contribution >= 4 is 5.91 Å². The lowest BCUT2D eigenvalue weighted by molar-refractivity contribution is -0.122. The summed E-state index contributed by atoms with van der Waals surface area (Å²) >= 11 is 0. The Hall–Kier alpha value is -1.75. The molecule has 5 nitrogen and oxygen atoms in total. The first-order valence-electron chi connectivity index (χ1n) is 7.23. The quantitative estimate of drug-likeness (QED) is 0.730. The Labute approximate surface area is 126 Å². The molecular formula is C16H26N2O3. The highest BCUT2D eigenvalue weighted by Crippen LogP contribution is 2.28. The molecule has 21 heavy (non-hydrogen) atoms. The lowest BCUT2D eigenvalue weighted by Crippen LogP contribution is -2.25. The van der Waals surface area contributed by atoms with Crippen LogP contribution in [-0.4, -0.2) is 26.2 Å². The van der Waals surface area contributed by atoms with Crippen LogP contribution in [0.3, 0.4) is 0 Å². The zero-order valence-electron chi connectivity index (χ0n) is 13.3. The third-order valence-corrected chi connectivity index (χ3v) is 3.08. The molecule has 0 aliphatic heterocycles. The van der Waals surface area contributed by atoms with Crippen LogP contribution in [0.4, 0.5) is 0 Å². The molecule has 0 aliphatic rings. The Bertz CT molecular complexity index is 461. The van der Waals surface area contributed by atoms with Gasteiger partial charge in [-0.05, 0) is 30.2 Å². The first-order chi connectivity index (χ1) is 9.93. The molecule has 1 amide bonds. The van der Waals surface area contributed by atoms with Crippen molar-refractivity contribution in [2.75, 3.05) is 20.3 Å². The standard InChI is InChI=1S/C16H26N2O3/c1-11(2)8-18-9-13-5-6-14(15(7-13)20-4)21-10-12(3)16(17)19/h5-7,11-12,18H,8-10H2,1-4H3,(H2,17,19). The Kier molecular flexibility index (Phi) is 7.02. The number of hydrogen-bond acceptors (Lipinski definition) is 4. The molecule has 3 N–H and O–H groups in total. The van der Waals surface area contributed by atoms with Crippen LogP contribution in [0.5, 0.6) is 11.5 Å². The summed E-state index contributed by atoms with van der Waals surface area (Å²) in [5.41, 5.74) is 6.34. The Morgan fingerprint density at radius 1 is 1.29 bits per heavy atom. The Morgan fingerprint density at radius 2 is 2.00 bits per heavy atom. The summed E-state index contributed by atoms with van der Waals surface area (Å²) in [6.07, 6.45) is 0. The summed E-state index contributed by atoms with van der Waals surface area (Å²) in [6, 6.07) is 5.79. The zero-order valence-corrected chi connectivity index (χ0v) is 13.3. The summed E-state index contributed by atoms with van der Waals surface area (Å²) < 4.78 is 10.9. The number of nitrogens with two attached hydrogens (primary N) is 1. The normalized spacial score (nSPS) is 12.2. The van der Waals surface area contributed by atoms with Crippen LogP contribution in [0.25, 0.3) is 0 Å². The smallest absolute Gasteiger partial charge is 0.223 e. The van der Waals surface area contributed by atoms with Gasteiger partial charge in [0.1, 0.15) is 0 Å². The molecule has 1 atom stereocenters. The van der Waals surface area contributed by atoms with Crippen molar-refractivity contribution in [1.29, 1.82) is 0 Å². The highest BCUT2D eigenvalue weighted by Gasteiger charge is 2.12. The number of benzene rings is 1. The van der Waals surface area contributed by atoms with E-state index in [1.54, 1.807) is 14.0 Å². The SMILES string of the molecule is COc1cc(CNCC(C)C)ccc1OCC(C)C(N)=O. The van der Waals surface area contributed by atoms with Gasteiger partial charge in [0.2, 0.25) is 5.91 Å². The minimum absolute atomic E-state index is 0.247. The summed E-state index contributed by atoms with van der Waals surface area (Å²) in [5.74, 6) is 1.20. The topological polar surface area (TPSA) is 73.6 Å². The fraction of sp³-hybridized carbons (Fsp3) is 0.562. The molecule has 0 radical (unpaired) electrons. The van der Waals surface area contributed by atoms with E-state index in [4.69, 9.17) is 15.2 Å². The van der Waals surface area contributed by atoms with Crippen LogP contribution in [-0.2, 0) is 11.3 Å². The first kappa shape index (κ1) is 17.3.